The van der Waals surface area contributed by atoms with Crippen LogP contribution in [0.5, 0.6) is 0 Å². The summed E-state index contributed by atoms with van der Waals surface area (Å²) < 4.78 is 32.6. The first-order chi connectivity index (χ1) is 13.0. The third-order valence-electron chi connectivity index (χ3n) is 3.83. The number of rotatable bonds is 5. The summed E-state index contributed by atoms with van der Waals surface area (Å²) in [4.78, 5) is 6.70. The van der Waals surface area contributed by atoms with Gasteiger partial charge in [-0.3, -0.25) is 4.72 Å². The lowest BCUT2D eigenvalue weighted by Crippen LogP contribution is -2.12. The fraction of sp³-hybridized carbons (Fsp3) is 0.0526. The van der Waals surface area contributed by atoms with E-state index in [2.05, 4.69) is 14.9 Å². The van der Waals surface area contributed by atoms with Crippen molar-refractivity contribution in [3.8, 4) is 22.2 Å². The third kappa shape index (κ3) is 3.76. The van der Waals surface area contributed by atoms with E-state index < -0.39 is 10.0 Å². The van der Waals surface area contributed by atoms with E-state index in [1.165, 1.54) is 4.88 Å². The first-order valence-corrected chi connectivity index (χ1v) is 10.4. The van der Waals surface area contributed by atoms with Crippen LogP contribution in [0.1, 0.15) is 4.88 Å². The zero-order valence-corrected chi connectivity index (χ0v) is 15.9. The molecule has 0 saturated carbocycles. The molecule has 0 amide bonds. The number of hydrogen-bond acceptors (Lipinski definition) is 6. The van der Waals surface area contributed by atoms with Gasteiger partial charge in [-0.25, -0.2) is 8.42 Å². The second-order valence-electron chi connectivity index (χ2n) is 5.83. The van der Waals surface area contributed by atoms with Gasteiger partial charge in [-0.1, -0.05) is 23.4 Å². The highest BCUT2D eigenvalue weighted by atomic mass is 32.2. The summed E-state index contributed by atoms with van der Waals surface area (Å²) in [6.45, 7) is 2.01. The number of hydrogen-bond donors (Lipinski definition) is 1. The second kappa shape index (κ2) is 6.98. The average Bonchev–Trinajstić information content (AvgIpc) is 3.32. The maximum Gasteiger partial charge on any atom is 0.268 e. The van der Waals surface area contributed by atoms with Crippen molar-refractivity contribution in [1.82, 2.24) is 10.1 Å². The van der Waals surface area contributed by atoms with Crippen LogP contribution in [-0.4, -0.2) is 18.6 Å². The summed E-state index contributed by atoms with van der Waals surface area (Å²) in [5.74, 6) is 0.922. The fourth-order valence-corrected chi connectivity index (χ4v) is 4.36. The average molecular weight is 397 g/mol. The van der Waals surface area contributed by atoms with Gasteiger partial charge in [0.15, 0.2) is 0 Å². The molecule has 136 valence electrons. The molecule has 27 heavy (non-hydrogen) atoms. The van der Waals surface area contributed by atoms with E-state index in [-0.39, 0.29) is 4.90 Å². The number of nitrogens with one attached hydrogen (secondary N) is 1. The first-order valence-electron chi connectivity index (χ1n) is 8.10. The van der Waals surface area contributed by atoms with Crippen LogP contribution in [-0.2, 0) is 10.0 Å². The van der Waals surface area contributed by atoms with Gasteiger partial charge in [-0.2, -0.15) is 4.98 Å². The van der Waals surface area contributed by atoms with E-state index >= 15 is 0 Å². The molecular formula is C19H15N3O3S2. The number of nitrogens with zero attached hydrogens (tertiary/aromatic N) is 2. The molecule has 0 fully saturated rings. The van der Waals surface area contributed by atoms with Gasteiger partial charge in [0.25, 0.3) is 15.9 Å². The normalized spacial score (nSPS) is 11.4. The van der Waals surface area contributed by atoms with Crippen molar-refractivity contribution in [1.29, 1.82) is 0 Å². The molecule has 0 radical (unpaired) electrons. The van der Waals surface area contributed by atoms with E-state index in [9.17, 15) is 8.42 Å². The van der Waals surface area contributed by atoms with Crippen molar-refractivity contribution in [2.45, 2.75) is 11.8 Å². The molecular weight excluding hydrogens is 382 g/mol. The smallest absolute Gasteiger partial charge is 0.268 e. The molecule has 0 bridgehead atoms. The number of aryl methyl sites for hydroxylation is 1. The first kappa shape index (κ1) is 17.4. The molecule has 8 heteroatoms. The number of thiophene rings is 1. The summed E-state index contributed by atoms with van der Waals surface area (Å²) in [5.41, 5.74) is 1.20. The molecule has 0 unspecified atom stereocenters. The summed E-state index contributed by atoms with van der Waals surface area (Å²) in [7, 11) is -3.62. The van der Waals surface area contributed by atoms with Crippen molar-refractivity contribution in [3.05, 3.63) is 71.6 Å². The monoisotopic (exact) mass is 397 g/mol. The van der Waals surface area contributed by atoms with E-state index in [0.717, 1.165) is 10.4 Å². The van der Waals surface area contributed by atoms with E-state index in [4.69, 9.17) is 4.52 Å². The Balaban J connectivity index is 1.54. The quantitative estimate of drug-likeness (QED) is 0.533. The number of aromatic nitrogens is 2. The van der Waals surface area contributed by atoms with Crippen molar-refractivity contribution >= 4 is 27.0 Å². The standard InChI is InChI=1S/C19H15N3O3S2/c1-13-7-12-17(26-13)19-20-18(21-25-19)14-8-10-15(11-9-14)22-27(23,24)16-5-3-2-4-6-16/h2-12,22H,1H3. The Morgan fingerprint density at radius 2 is 1.70 bits per heavy atom. The second-order valence-corrected chi connectivity index (χ2v) is 8.80. The van der Waals surface area contributed by atoms with Crippen molar-refractivity contribution in [2.75, 3.05) is 4.72 Å². The van der Waals surface area contributed by atoms with Crippen LogP contribution in [0.3, 0.4) is 0 Å². The van der Waals surface area contributed by atoms with Crippen molar-refractivity contribution in [2.24, 2.45) is 0 Å². The lowest BCUT2D eigenvalue weighted by atomic mass is 10.2. The Morgan fingerprint density at radius 1 is 0.963 bits per heavy atom. The van der Waals surface area contributed by atoms with Crippen LogP contribution in [0.15, 0.2) is 76.1 Å². The largest absolute Gasteiger partial charge is 0.333 e. The molecule has 0 spiro atoms. The van der Waals surface area contributed by atoms with Gasteiger partial charge in [0.1, 0.15) is 0 Å². The molecule has 2 aromatic carbocycles. The Hall–Kier alpha value is -2.97. The molecule has 0 atom stereocenters. The molecule has 1 N–H and O–H groups in total. The lowest BCUT2D eigenvalue weighted by molar-refractivity contribution is 0.433. The zero-order chi connectivity index (χ0) is 18.9. The Labute approximate surface area is 160 Å². The van der Waals surface area contributed by atoms with Crippen LogP contribution < -0.4 is 4.72 Å². The minimum Gasteiger partial charge on any atom is -0.333 e. The summed E-state index contributed by atoms with van der Waals surface area (Å²) >= 11 is 1.58. The lowest BCUT2D eigenvalue weighted by Gasteiger charge is -2.08. The molecule has 0 saturated heterocycles. The molecule has 4 aromatic rings. The topological polar surface area (TPSA) is 85.1 Å². The van der Waals surface area contributed by atoms with Crippen LogP contribution in [0, 0.1) is 6.92 Å². The fourth-order valence-electron chi connectivity index (χ4n) is 2.49. The molecule has 4 rings (SSSR count). The van der Waals surface area contributed by atoms with Crippen LogP contribution in [0.4, 0.5) is 5.69 Å². The highest BCUT2D eigenvalue weighted by Gasteiger charge is 2.15. The number of sulfonamides is 1. The summed E-state index contributed by atoms with van der Waals surface area (Å²) in [6.07, 6.45) is 0. The molecule has 2 aromatic heterocycles. The minimum atomic E-state index is -3.62. The molecule has 0 aliphatic heterocycles. The maximum absolute atomic E-state index is 12.4. The van der Waals surface area contributed by atoms with Crippen LogP contribution in [0.25, 0.3) is 22.2 Å². The molecule has 0 aliphatic rings. The Morgan fingerprint density at radius 3 is 2.37 bits per heavy atom. The Bertz CT molecular complexity index is 1160. The predicted molar refractivity (Wildman–Crippen MR) is 105 cm³/mol. The minimum absolute atomic E-state index is 0.211. The molecule has 2 heterocycles. The Kier molecular flexibility index (Phi) is 4.51. The van der Waals surface area contributed by atoms with Crippen LogP contribution >= 0.6 is 11.3 Å². The van der Waals surface area contributed by atoms with Gasteiger partial charge in [-0.15, -0.1) is 11.3 Å². The van der Waals surface area contributed by atoms with Crippen LogP contribution in [0.2, 0.25) is 0 Å². The third-order valence-corrected chi connectivity index (χ3v) is 6.21. The summed E-state index contributed by atoms with van der Waals surface area (Å²) in [6, 6.07) is 19.0. The van der Waals surface area contributed by atoms with Gasteiger partial charge < -0.3 is 4.52 Å². The van der Waals surface area contributed by atoms with E-state index in [1.54, 1.807) is 65.9 Å². The van der Waals surface area contributed by atoms with E-state index in [0.29, 0.717) is 17.4 Å². The van der Waals surface area contributed by atoms with Crippen molar-refractivity contribution in [3.63, 3.8) is 0 Å². The SMILES string of the molecule is Cc1ccc(-c2nc(-c3ccc(NS(=O)(=O)c4ccccc4)cc3)no2)s1. The highest BCUT2D eigenvalue weighted by Crippen LogP contribution is 2.28. The van der Waals surface area contributed by atoms with Gasteiger partial charge >= 0.3 is 0 Å². The van der Waals surface area contributed by atoms with Gasteiger partial charge in [0.05, 0.1) is 9.77 Å². The number of anilines is 1. The van der Waals surface area contributed by atoms with Gasteiger partial charge in [0.2, 0.25) is 5.82 Å². The zero-order valence-electron chi connectivity index (χ0n) is 14.3. The predicted octanol–water partition coefficient (Wildman–Crippen LogP) is 4.57. The number of benzene rings is 2. The maximum atomic E-state index is 12.4. The van der Waals surface area contributed by atoms with Crippen molar-refractivity contribution < 1.29 is 12.9 Å². The van der Waals surface area contributed by atoms with Gasteiger partial charge in [-0.05, 0) is 55.5 Å². The molecule has 0 aliphatic carbocycles. The van der Waals surface area contributed by atoms with E-state index in [1.807, 2.05) is 19.1 Å². The summed E-state index contributed by atoms with van der Waals surface area (Å²) in [5, 5.41) is 4.01. The highest BCUT2D eigenvalue weighted by molar-refractivity contribution is 7.92. The van der Waals surface area contributed by atoms with Gasteiger partial charge in [0, 0.05) is 16.1 Å². The molecule has 6 nitrogen and oxygen atoms in total.